The van der Waals surface area contributed by atoms with E-state index in [1.54, 1.807) is 0 Å². The van der Waals surface area contributed by atoms with Crippen molar-refractivity contribution in [2.45, 2.75) is 24.3 Å². The van der Waals surface area contributed by atoms with E-state index in [1.165, 1.54) is 29.2 Å². The van der Waals surface area contributed by atoms with E-state index in [0.29, 0.717) is 5.56 Å². The van der Waals surface area contributed by atoms with Gasteiger partial charge in [-0.2, -0.15) is 9.41 Å². The molecule has 4 rings (SSSR count). The molecule has 0 atom stereocenters. The second kappa shape index (κ2) is 9.55. The number of benzene rings is 2. The molecule has 0 saturated carbocycles. The molecule has 0 N–H and O–H groups in total. The molecule has 0 bridgehead atoms. The molecule has 0 spiro atoms. The van der Waals surface area contributed by atoms with Crippen molar-refractivity contribution >= 4 is 27.5 Å². The predicted octanol–water partition coefficient (Wildman–Crippen LogP) is 2.12. The molecule has 0 radical (unpaired) electrons. The number of carbonyl (C=O) groups is 2. The third-order valence-electron chi connectivity index (χ3n) is 5.64. The lowest BCUT2D eigenvalue weighted by Gasteiger charge is -2.35. The summed E-state index contributed by atoms with van der Waals surface area (Å²) in [5.41, 5.74) is 0.796. The Kier molecular flexibility index (Phi) is 6.71. The standard InChI is InChI=1S/C22H21F3N4O4S/c23-16-6-4-15(5-7-16)14-29-20(30)9-8-19(26-29)22(31)27-10-12-28(13-11-27)34(32,33)21-17(24)2-1-3-18(21)25/h1-7H,8-14H2. The minimum Gasteiger partial charge on any atom is -0.335 e. The van der Waals surface area contributed by atoms with Crippen molar-refractivity contribution in [3.05, 3.63) is 65.5 Å². The lowest BCUT2D eigenvalue weighted by atomic mass is 10.1. The first-order valence-electron chi connectivity index (χ1n) is 10.5. The van der Waals surface area contributed by atoms with Crippen LogP contribution in [0.1, 0.15) is 18.4 Å². The summed E-state index contributed by atoms with van der Waals surface area (Å²) >= 11 is 0. The molecule has 1 saturated heterocycles. The average Bonchev–Trinajstić information content (AvgIpc) is 2.81. The van der Waals surface area contributed by atoms with Gasteiger partial charge in [0.05, 0.1) is 6.54 Å². The number of nitrogens with zero attached hydrogens (tertiary/aromatic N) is 4. The number of hydrogen-bond acceptors (Lipinski definition) is 5. The molecule has 0 unspecified atom stereocenters. The van der Waals surface area contributed by atoms with Crippen molar-refractivity contribution in [1.29, 1.82) is 0 Å². The Bertz CT molecular complexity index is 1220. The first-order chi connectivity index (χ1) is 16.2. The van der Waals surface area contributed by atoms with Crippen molar-refractivity contribution in [2.75, 3.05) is 26.2 Å². The Labute approximate surface area is 194 Å². The smallest absolute Gasteiger partial charge is 0.270 e. The zero-order valence-corrected chi connectivity index (χ0v) is 18.8. The number of amides is 2. The molecule has 2 aliphatic heterocycles. The van der Waals surface area contributed by atoms with E-state index in [-0.39, 0.29) is 57.2 Å². The highest BCUT2D eigenvalue weighted by atomic mass is 32.2. The van der Waals surface area contributed by atoms with Gasteiger partial charge < -0.3 is 4.90 Å². The van der Waals surface area contributed by atoms with Gasteiger partial charge in [-0.05, 0) is 29.8 Å². The van der Waals surface area contributed by atoms with Crippen molar-refractivity contribution in [3.63, 3.8) is 0 Å². The summed E-state index contributed by atoms with van der Waals surface area (Å²) in [6, 6.07) is 8.39. The minimum absolute atomic E-state index is 0.000929. The first kappa shape index (κ1) is 23.9. The zero-order chi connectivity index (χ0) is 24.5. The van der Waals surface area contributed by atoms with E-state index in [4.69, 9.17) is 0 Å². The molecule has 2 aliphatic rings. The molecule has 1 fully saturated rings. The summed E-state index contributed by atoms with van der Waals surface area (Å²) in [5.74, 6) is -3.48. The van der Waals surface area contributed by atoms with Gasteiger partial charge in [0.1, 0.15) is 23.2 Å². The van der Waals surface area contributed by atoms with Gasteiger partial charge in [-0.1, -0.05) is 18.2 Å². The van der Waals surface area contributed by atoms with Crippen LogP contribution in [0, 0.1) is 17.5 Å². The highest BCUT2D eigenvalue weighted by Gasteiger charge is 2.35. The highest BCUT2D eigenvalue weighted by Crippen LogP contribution is 2.24. The van der Waals surface area contributed by atoms with Gasteiger partial charge in [0.15, 0.2) is 4.90 Å². The lowest BCUT2D eigenvalue weighted by Crippen LogP contribution is -2.53. The van der Waals surface area contributed by atoms with E-state index in [9.17, 15) is 31.2 Å². The van der Waals surface area contributed by atoms with Crippen LogP contribution in [-0.4, -0.2) is 66.3 Å². The third kappa shape index (κ3) is 4.82. The van der Waals surface area contributed by atoms with Gasteiger partial charge in [-0.25, -0.2) is 26.6 Å². The van der Waals surface area contributed by atoms with Crippen LogP contribution in [0.2, 0.25) is 0 Å². The Balaban J connectivity index is 1.43. The fourth-order valence-corrected chi connectivity index (χ4v) is 5.35. The second-order valence-electron chi connectivity index (χ2n) is 7.87. The van der Waals surface area contributed by atoms with Crippen LogP contribution in [0.3, 0.4) is 0 Å². The van der Waals surface area contributed by atoms with E-state index in [2.05, 4.69) is 5.10 Å². The molecule has 180 valence electrons. The van der Waals surface area contributed by atoms with E-state index < -0.39 is 38.3 Å². The van der Waals surface area contributed by atoms with Crippen LogP contribution in [0.15, 0.2) is 52.5 Å². The molecule has 34 heavy (non-hydrogen) atoms. The fraction of sp³-hybridized carbons (Fsp3) is 0.318. The van der Waals surface area contributed by atoms with Gasteiger partial charge in [0, 0.05) is 39.0 Å². The maximum Gasteiger partial charge on any atom is 0.270 e. The Morgan fingerprint density at radius 1 is 0.912 bits per heavy atom. The van der Waals surface area contributed by atoms with E-state index >= 15 is 0 Å². The van der Waals surface area contributed by atoms with Crippen molar-refractivity contribution in [3.8, 4) is 0 Å². The topological polar surface area (TPSA) is 90.4 Å². The van der Waals surface area contributed by atoms with Crippen LogP contribution in [0.5, 0.6) is 0 Å². The molecule has 2 heterocycles. The molecule has 2 aromatic rings. The molecule has 2 aromatic carbocycles. The predicted molar refractivity (Wildman–Crippen MR) is 115 cm³/mol. The van der Waals surface area contributed by atoms with Gasteiger partial charge in [0.2, 0.25) is 15.9 Å². The number of rotatable bonds is 5. The summed E-state index contributed by atoms with van der Waals surface area (Å²) in [6.07, 6.45) is 0.212. The normalized spacial score (nSPS) is 17.6. The quantitative estimate of drug-likeness (QED) is 0.637. The van der Waals surface area contributed by atoms with Gasteiger partial charge >= 0.3 is 0 Å². The Hall–Kier alpha value is -3.25. The van der Waals surface area contributed by atoms with Gasteiger partial charge in [-0.15, -0.1) is 0 Å². The molecule has 12 heteroatoms. The van der Waals surface area contributed by atoms with Gasteiger partial charge in [-0.3, -0.25) is 9.59 Å². The molecular formula is C22H21F3N4O4S. The number of piperazine rings is 1. The summed E-state index contributed by atoms with van der Waals surface area (Å²) in [7, 11) is -4.42. The fourth-order valence-electron chi connectivity index (χ4n) is 3.81. The van der Waals surface area contributed by atoms with E-state index in [1.807, 2.05) is 0 Å². The van der Waals surface area contributed by atoms with Crippen LogP contribution < -0.4 is 0 Å². The second-order valence-corrected chi connectivity index (χ2v) is 9.75. The first-order valence-corrected chi connectivity index (χ1v) is 12.0. The van der Waals surface area contributed by atoms with Crippen molar-refractivity contribution < 1.29 is 31.2 Å². The number of halogens is 3. The molecular weight excluding hydrogens is 473 g/mol. The van der Waals surface area contributed by atoms with Crippen LogP contribution in [-0.2, 0) is 26.2 Å². The maximum atomic E-state index is 14.0. The number of carbonyl (C=O) groups excluding carboxylic acids is 2. The number of hydrogen-bond donors (Lipinski definition) is 0. The Morgan fingerprint density at radius 3 is 2.15 bits per heavy atom. The summed E-state index contributed by atoms with van der Waals surface area (Å²) in [5, 5.41) is 5.34. The molecule has 8 nitrogen and oxygen atoms in total. The lowest BCUT2D eigenvalue weighted by molar-refractivity contribution is -0.132. The third-order valence-corrected chi connectivity index (χ3v) is 7.59. The van der Waals surface area contributed by atoms with Crippen LogP contribution in [0.25, 0.3) is 0 Å². The highest BCUT2D eigenvalue weighted by molar-refractivity contribution is 7.89. The largest absolute Gasteiger partial charge is 0.335 e. The zero-order valence-electron chi connectivity index (χ0n) is 18.0. The SMILES string of the molecule is O=C(C1=NN(Cc2ccc(F)cc2)C(=O)CC1)N1CCN(S(=O)(=O)c2c(F)cccc2F)CC1. The van der Waals surface area contributed by atoms with Crippen molar-refractivity contribution in [1.82, 2.24) is 14.2 Å². The van der Waals surface area contributed by atoms with Crippen LogP contribution in [0.4, 0.5) is 13.2 Å². The number of hydrazone groups is 1. The molecule has 0 aliphatic carbocycles. The molecule has 2 amide bonds. The monoisotopic (exact) mass is 494 g/mol. The van der Waals surface area contributed by atoms with E-state index in [0.717, 1.165) is 27.5 Å². The van der Waals surface area contributed by atoms with Crippen LogP contribution >= 0.6 is 0 Å². The maximum absolute atomic E-state index is 14.0. The average molecular weight is 494 g/mol. The summed E-state index contributed by atoms with van der Waals surface area (Å²) in [6.45, 7) is -0.213. The van der Waals surface area contributed by atoms with Crippen molar-refractivity contribution in [2.24, 2.45) is 5.10 Å². The minimum atomic E-state index is -4.42. The summed E-state index contributed by atoms with van der Waals surface area (Å²) < 4.78 is 67.5. The Morgan fingerprint density at radius 2 is 1.53 bits per heavy atom. The number of sulfonamides is 1. The summed E-state index contributed by atoms with van der Waals surface area (Å²) in [4.78, 5) is 25.6. The van der Waals surface area contributed by atoms with Gasteiger partial charge in [0.25, 0.3) is 5.91 Å². The molecule has 0 aromatic heterocycles.